The molecule has 0 radical (unpaired) electrons. The highest BCUT2D eigenvalue weighted by Gasteiger charge is 2.28. The molecule has 0 bridgehead atoms. The summed E-state index contributed by atoms with van der Waals surface area (Å²) in [6.07, 6.45) is 1.53. The quantitative estimate of drug-likeness (QED) is 0.847. The zero-order chi connectivity index (χ0) is 17.8. The minimum absolute atomic E-state index is 0.0265. The van der Waals surface area contributed by atoms with Gasteiger partial charge in [0.25, 0.3) is 5.91 Å². The summed E-state index contributed by atoms with van der Waals surface area (Å²) in [5.74, 6) is 0.751. The van der Waals surface area contributed by atoms with Crippen molar-refractivity contribution in [1.82, 2.24) is 19.9 Å². The molecule has 0 N–H and O–H groups in total. The first-order valence-corrected chi connectivity index (χ1v) is 8.47. The van der Waals surface area contributed by atoms with Gasteiger partial charge in [0, 0.05) is 45.3 Å². The van der Waals surface area contributed by atoms with E-state index in [1.165, 1.54) is 6.26 Å². The van der Waals surface area contributed by atoms with Crippen molar-refractivity contribution in [3.63, 3.8) is 0 Å². The van der Waals surface area contributed by atoms with Crippen LogP contribution in [0.25, 0.3) is 11.5 Å². The van der Waals surface area contributed by atoms with E-state index in [1.54, 1.807) is 32.9 Å². The number of urea groups is 1. The van der Waals surface area contributed by atoms with E-state index >= 15 is 0 Å². The second kappa shape index (κ2) is 7.42. The summed E-state index contributed by atoms with van der Waals surface area (Å²) in [5.41, 5.74) is 0.245. The number of nitrogens with zero attached hydrogens (tertiary/aromatic N) is 4. The van der Waals surface area contributed by atoms with Gasteiger partial charge in [0.05, 0.1) is 6.26 Å². The Morgan fingerprint density at radius 1 is 1.12 bits per heavy atom. The molecule has 1 saturated heterocycles. The van der Waals surface area contributed by atoms with Crippen LogP contribution in [0.1, 0.15) is 24.3 Å². The molecule has 0 saturated carbocycles. The molecule has 8 nitrogen and oxygen atoms in total. The lowest BCUT2D eigenvalue weighted by molar-refractivity contribution is 0.0632. The fourth-order valence-electron chi connectivity index (χ4n) is 2.87. The average molecular weight is 346 g/mol. The Kier molecular flexibility index (Phi) is 5.06. The monoisotopic (exact) mass is 346 g/mol. The highest BCUT2D eigenvalue weighted by molar-refractivity contribution is 5.93. The predicted molar refractivity (Wildman–Crippen MR) is 90.0 cm³/mol. The van der Waals surface area contributed by atoms with Gasteiger partial charge in [-0.05, 0) is 26.0 Å². The predicted octanol–water partition coefficient (Wildman–Crippen LogP) is 2.15. The number of aromatic nitrogens is 1. The Balaban J connectivity index is 1.59. The molecule has 3 heterocycles. The van der Waals surface area contributed by atoms with Crippen LogP contribution in [0.4, 0.5) is 4.79 Å². The van der Waals surface area contributed by atoms with Crippen LogP contribution >= 0.6 is 0 Å². The van der Waals surface area contributed by atoms with Crippen molar-refractivity contribution >= 4 is 11.9 Å². The highest BCUT2D eigenvalue weighted by atomic mass is 16.5. The number of carbonyl (C=O) groups excluding carboxylic acids is 2. The van der Waals surface area contributed by atoms with Crippen molar-refractivity contribution in [2.75, 3.05) is 39.3 Å². The molecule has 0 unspecified atom stereocenters. The van der Waals surface area contributed by atoms with E-state index in [2.05, 4.69) is 5.16 Å². The van der Waals surface area contributed by atoms with Crippen molar-refractivity contribution in [2.45, 2.75) is 13.8 Å². The van der Waals surface area contributed by atoms with Crippen molar-refractivity contribution in [2.24, 2.45) is 0 Å². The molecule has 2 aromatic rings. The van der Waals surface area contributed by atoms with Crippen molar-refractivity contribution < 1.29 is 18.5 Å². The van der Waals surface area contributed by atoms with E-state index in [4.69, 9.17) is 8.94 Å². The molecular weight excluding hydrogens is 324 g/mol. The molecule has 1 aliphatic heterocycles. The molecule has 0 atom stereocenters. The lowest BCUT2D eigenvalue weighted by Gasteiger charge is -2.36. The summed E-state index contributed by atoms with van der Waals surface area (Å²) < 4.78 is 10.4. The normalized spacial score (nSPS) is 14.6. The Morgan fingerprint density at radius 2 is 1.80 bits per heavy atom. The average Bonchev–Trinajstić information content (AvgIpc) is 3.33. The summed E-state index contributed by atoms with van der Waals surface area (Å²) in [6.45, 7) is 7.29. The first-order chi connectivity index (χ1) is 12.1. The molecule has 3 amide bonds. The van der Waals surface area contributed by atoms with E-state index in [-0.39, 0.29) is 17.6 Å². The topological polar surface area (TPSA) is 83.0 Å². The first-order valence-electron chi connectivity index (χ1n) is 8.47. The third-order valence-electron chi connectivity index (χ3n) is 4.36. The highest BCUT2D eigenvalue weighted by Crippen LogP contribution is 2.21. The molecule has 25 heavy (non-hydrogen) atoms. The van der Waals surface area contributed by atoms with Crippen LogP contribution < -0.4 is 0 Å². The van der Waals surface area contributed by atoms with Gasteiger partial charge in [-0.15, -0.1) is 0 Å². The van der Waals surface area contributed by atoms with Crippen LogP contribution in [0.3, 0.4) is 0 Å². The van der Waals surface area contributed by atoms with Gasteiger partial charge in [0.1, 0.15) is 0 Å². The molecule has 1 aliphatic rings. The largest absolute Gasteiger partial charge is 0.461 e. The summed E-state index contributed by atoms with van der Waals surface area (Å²) >= 11 is 0. The van der Waals surface area contributed by atoms with Crippen molar-refractivity contribution in [3.8, 4) is 11.5 Å². The maximum atomic E-state index is 12.6. The molecule has 0 aromatic carbocycles. The lowest BCUT2D eigenvalue weighted by Crippen LogP contribution is -2.54. The summed E-state index contributed by atoms with van der Waals surface area (Å²) in [6, 6.07) is 5.09. The fourth-order valence-corrected chi connectivity index (χ4v) is 2.87. The van der Waals surface area contributed by atoms with Crippen LogP contribution in [-0.2, 0) is 0 Å². The minimum atomic E-state index is -0.198. The zero-order valence-corrected chi connectivity index (χ0v) is 14.5. The fraction of sp³-hybridized carbons (Fsp3) is 0.471. The van der Waals surface area contributed by atoms with Crippen molar-refractivity contribution in [3.05, 3.63) is 30.2 Å². The zero-order valence-electron chi connectivity index (χ0n) is 14.5. The second-order valence-corrected chi connectivity index (χ2v) is 5.79. The molecule has 0 spiro atoms. The third-order valence-corrected chi connectivity index (χ3v) is 4.36. The number of hydrogen-bond acceptors (Lipinski definition) is 5. The molecule has 0 aliphatic carbocycles. The van der Waals surface area contributed by atoms with Crippen LogP contribution in [0.2, 0.25) is 0 Å². The molecular formula is C17H22N4O4. The summed E-state index contributed by atoms with van der Waals surface area (Å²) in [5, 5.41) is 3.84. The van der Waals surface area contributed by atoms with Gasteiger partial charge >= 0.3 is 6.03 Å². The number of carbonyl (C=O) groups is 2. The van der Waals surface area contributed by atoms with Gasteiger partial charge in [-0.1, -0.05) is 5.16 Å². The molecule has 8 heteroatoms. The van der Waals surface area contributed by atoms with E-state index in [0.717, 1.165) is 0 Å². The van der Waals surface area contributed by atoms with Crippen molar-refractivity contribution in [1.29, 1.82) is 0 Å². The third kappa shape index (κ3) is 3.52. The Morgan fingerprint density at radius 3 is 2.40 bits per heavy atom. The van der Waals surface area contributed by atoms with E-state index in [9.17, 15) is 9.59 Å². The van der Waals surface area contributed by atoms with Crippen LogP contribution in [0.5, 0.6) is 0 Å². The smallest absolute Gasteiger partial charge is 0.320 e. The lowest BCUT2D eigenvalue weighted by atomic mass is 10.2. The number of hydrogen-bond donors (Lipinski definition) is 0. The summed E-state index contributed by atoms with van der Waals surface area (Å²) in [4.78, 5) is 30.2. The Labute approximate surface area is 145 Å². The Hall–Kier alpha value is -2.77. The molecule has 1 fully saturated rings. The van der Waals surface area contributed by atoms with Gasteiger partial charge < -0.3 is 23.6 Å². The summed E-state index contributed by atoms with van der Waals surface area (Å²) in [7, 11) is 0. The number of amides is 3. The van der Waals surface area contributed by atoms with E-state index in [1.807, 2.05) is 13.8 Å². The van der Waals surface area contributed by atoms with Crippen LogP contribution in [0.15, 0.2) is 33.4 Å². The molecule has 2 aromatic heterocycles. The van der Waals surface area contributed by atoms with Crippen LogP contribution in [-0.4, -0.2) is 71.1 Å². The minimum Gasteiger partial charge on any atom is -0.461 e. The van der Waals surface area contributed by atoms with Gasteiger partial charge in [-0.2, -0.15) is 0 Å². The van der Waals surface area contributed by atoms with E-state index < -0.39 is 0 Å². The van der Waals surface area contributed by atoms with Crippen LogP contribution in [0, 0.1) is 0 Å². The maximum Gasteiger partial charge on any atom is 0.320 e. The number of furan rings is 1. The number of rotatable bonds is 4. The van der Waals surface area contributed by atoms with Gasteiger partial charge in [0.15, 0.2) is 11.5 Å². The maximum absolute atomic E-state index is 12.6. The second-order valence-electron chi connectivity index (χ2n) is 5.79. The SMILES string of the molecule is CCN(CC)C(=O)N1CCN(C(=O)c2cc(-c3ccco3)on2)CC1. The van der Waals surface area contributed by atoms with Gasteiger partial charge in [-0.25, -0.2) is 4.79 Å². The molecule has 134 valence electrons. The first kappa shape index (κ1) is 17.1. The number of piperazine rings is 1. The standard InChI is InChI=1S/C17H22N4O4/c1-3-19(4-2)17(23)21-9-7-20(8-10-21)16(22)13-12-15(25-18-13)14-6-5-11-24-14/h5-6,11-12H,3-4,7-10H2,1-2H3. The Bertz CT molecular complexity index is 713. The molecule has 3 rings (SSSR count). The van der Waals surface area contributed by atoms with Gasteiger partial charge in [0.2, 0.25) is 5.76 Å². The van der Waals surface area contributed by atoms with Gasteiger partial charge in [-0.3, -0.25) is 4.79 Å². The van der Waals surface area contributed by atoms with E-state index in [0.29, 0.717) is 50.8 Å².